The normalized spacial score (nSPS) is 10.4. The molecule has 0 heterocycles. The number of halogens is 3. The number of hydrogen-bond donors (Lipinski definition) is 0. The summed E-state index contributed by atoms with van der Waals surface area (Å²) in [4.78, 5) is 2.35. The van der Waals surface area contributed by atoms with E-state index in [1.54, 1.807) is 0 Å². The van der Waals surface area contributed by atoms with Gasteiger partial charge in [-0.05, 0) is 13.0 Å². The molecule has 0 saturated heterocycles. The fourth-order valence-electron chi connectivity index (χ4n) is 1.51. The predicted molar refractivity (Wildman–Crippen MR) is 73.9 cm³/mol. The van der Waals surface area contributed by atoms with E-state index >= 15 is 0 Å². The minimum atomic E-state index is 0. The second-order valence-electron chi connectivity index (χ2n) is 3.63. The van der Waals surface area contributed by atoms with Crippen LogP contribution in [0.25, 0.3) is 0 Å². The first-order valence-corrected chi connectivity index (χ1v) is 6.76. The zero-order valence-electron chi connectivity index (χ0n) is 9.68. The molecule has 1 nitrogen and oxygen atoms in total. The van der Waals surface area contributed by atoms with Crippen LogP contribution in [0.15, 0.2) is 0 Å². The zero-order valence-corrected chi connectivity index (χ0v) is 12.0. The third-order valence-corrected chi connectivity index (χ3v) is 2.72. The standard InChI is InChI=1S/C11H23Cl2N.ClH/c1-2-3-4-5-6-9-14(10-7-12)11-8-13;/h2-11H2,1H3;1H. The van der Waals surface area contributed by atoms with Gasteiger partial charge >= 0.3 is 0 Å². The lowest BCUT2D eigenvalue weighted by Gasteiger charge is -2.19. The highest BCUT2D eigenvalue weighted by Crippen LogP contribution is 2.04. The summed E-state index contributed by atoms with van der Waals surface area (Å²) >= 11 is 11.4. The molecule has 94 valence electrons. The number of hydrogen-bond acceptors (Lipinski definition) is 1. The summed E-state index contributed by atoms with van der Waals surface area (Å²) in [5.74, 6) is 1.43. The molecule has 0 unspecified atom stereocenters. The van der Waals surface area contributed by atoms with Crippen LogP contribution in [0.4, 0.5) is 0 Å². The molecule has 0 amide bonds. The Labute approximate surface area is 111 Å². The molecule has 0 saturated carbocycles. The summed E-state index contributed by atoms with van der Waals surface area (Å²) in [6.07, 6.45) is 6.67. The number of nitrogens with zero attached hydrogens (tertiary/aromatic N) is 1. The molecule has 0 aromatic rings. The van der Waals surface area contributed by atoms with Crippen LogP contribution < -0.4 is 0 Å². The van der Waals surface area contributed by atoms with Gasteiger partial charge in [-0.3, -0.25) is 0 Å². The van der Waals surface area contributed by atoms with Crippen LogP contribution in [0, 0.1) is 0 Å². The summed E-state index contributed by atoms with van der Waals surface area (Å²) in [5, 5.41) is 0. The van der Waals surface area contributed by atoms with Crippen molar-refractivity contribution < 1.29 is 0 Å². The van der Waals surface area contributed by atoms with Crippen molar-refractivity contribution >= 4 is 35.6 Å². The Bertz CT molecular complexity index is 106. The molecule has 0 spiro atoms. The van der Waals surface area contributed by atoms with Gasteiger partial charge in [-0.15, -0.1) is 35.6 Å². The van der Waals surface area contributed by atoms with Crippen molar-refractivity contribution in [1.82, 2.24) is 4.90 Å². The number of alkyl halides is 2. The Kier molecular flexibility index (Phi) is 18.0. The fourth-order valence-corrected chi connectivity index (χ4v) is 1.99. The van der Waals surface area contributed by atoms with E-state index in [1.807, 2.05) is 0 Å². The summed E-state index contributed by atoms with van der Waals surface area (Å²) in [7, 11) is 0. The molecule has 0 fully saturated rings. The van der Waals surface area contributed by atoms with Crippen LogP contribution >= 0.6 is 35.6 Å². The average molecular weight is 277 g/mol. The maximum Gasteiger partial charge on any atom is 0.0351 e. The van der Waals surface area contributed by atoms with Gasteiger partial charge in [-0.2, -0.15) is 0 Å². The second kappa shape index (κ2) is 14.8. The van der Waals surface area contributed by atoms with Crippen LogP contribution in [0.3, 0.4) is 0 Å². The Morgan fingerprint density at radius 1 is 0.800 bits per heavy atom. The van der Waals surface area contributed by atoms with Gasteiger partial charge < -0.3 is 4.90 Å². The van der Waals surface area contributed by atoms with Crippen molar-refractivity contribution in [1.29, 1.82) is 0 Å². The third-order valence-electron chi connectivity index (χ3n) is 2.38. The molecule has 0 aliphatic rings. The molecule has 0 aromatic carbocycles. The van der Waals surface area contributed by atoms with Gasteiger partial charge in [-0.25, -0.2) is 0 Å². The second-order valence-corrected chi connectivity index (χ2v) is 4.39. The van der Waals surface area contributed by atoms with Crippen LogP contribution in [0.1, 0.15) is 39.0 Å². The minimum Gasteiger partial charge on any atom is -0.301 e. The van der Waals surface area contributed by atoms with Gasteiger partial charge in [0, 0.05) is 24.8 Å². The molecular formula is C11H24Cl3N. The van der Waals surface area contributed by atoms with Crippen molar-refractivity contribution in [2.45, 2.75) is 39.0 Å². The maximum atomic E-state index is 5.71. The van der Waals surface area contributed by atoms with Crippen LogP contribution in [-0.4, -0.2) is 36.3 Å². The molecule has 4 heteroatoms. The lowest BCUT2D eigenvalue weighted by Crippen LogP contribution is -2.28. The largest absolute Gasteiger partial charge is 0.301 e. The molecule has 0 aliphatic heterocycles. The molecule has 0 atom stereocenters. The van der Waals surface area contributed by atoms with Crippen LogP contribution in [0.2, 0.25) is 0 Å². The quantitative estimate of drug-likeness (QED) is 0.428. The summed E-state index contributed by atoms with van der Waals surface area (Å²) in [6, 6.07) is 0. The monoisotopic (exact) mass is 275 g/mol. The van der Waals surface area contributed by atoms with E-state index in [9.17, 15) is 0 Å². The van der Waals surface area contributed by atoms with Gasteiger partial charge in [0.2, 0.25) is 0 Å². The molecule has 0 rings (SSSR count). The topological polar surface area (TPSA) is 3.24 Å². The first kappa shape index (κ1) is 18.2. The number of unbranched alkanes of at least 4 members (excludes halogenated alkanes) is 4. The Morgan fingerprint density at radius 3 is 1.80 bits per heavy atom. The van der Waals surface area contributed by atoms with E-state index in [-0.39, 0.29) is 12.4 Å². The van der Waals surface area contributed by atoms with Gasteiger partial charge in [-0.1, -0.05) is 32.6 Å². The van der Waals surface area contributed by atoms with Crippen molar-refractivity contribution in [3.8, 4) is 0 Å². The van der Waals surface area contributed by atoms with E-state index in [1.165, 1.54) is 32.1 Å². The predicted octanol–water partition coefficient (Wildman–Crippen LogP) is 4.16. The Balaban J connectivity index is 0. The van der Waals surface area contributed by atoms with Gasteiger partial charge in [0.05, 0.1) is 0 Å². The lowest BCUT2D eigenvalue weighted by atomic mass is 10.1. The molecule has 0 aromatic heterocycles. The maximum absolute atomic E-state index is 5.71. The molecule has 15 heavy (non-hydrogen) atoms. The SMILES string of the molecule is CCCCCCCN(CCCl)CCCl.Cl. The molecule has 0 N–H and O–H groups in total. The van der Waals surface area contributed by atoms with Gasteiger partial charge in [0.25, 0.3) is 0 Å². The molecule has 0 aliphatic carbocycles. The third kappa shape index (κ3) is 12.8. The van der Waals surface area contributed by atoms with E-state index < -0.39 is 0 Å². The van der Waals surface area contributed by atoms with E-state index in [0.29, 0.717) is 11.8 Å². The molecular weight excluding hydrogens is 252 g/mol. The van der Waals surface area contributed by atoms with Gasteiger partial charge in [0.1, 0.15) is 0 Å². The Hall–Kier alpha value is 0.830. The van der Waals surface area contributed by atoms with E-state index in [4.69, 9.17) is 23.2 Å². The lowest BCUT2D eigenvalue weighted by molar-refractivity contribution is 0.298. The van der Waals surface area contributed by atoms with E-state index in [2.05, 4.69) is 11.8 Å². The van der Waals surface area contributed by atoms with Crippen molar-refractivity contribution in [3.05, 3.63) is 0 Å². The highest BCUT2D eigenvalue weighted by atomic mass is 35.5. The highest BCUT2D eigenvalue weighted by Gasteiger charge is 2.02. The summed E-state index contributed by atoms with van der Waals surface area (Å²) in [6.45, 7) is 5.35. The highest BCUT2D eigenvalue weighted by molar-refractivity contribution is 6.18. The van der Waals surface area contributed by atoms with E-state index in [0.717, 1.165) is 19.6 Å². The minimum absolute atomic E-state index is 0. The smallest absolute Gasteiger partial charge is 0.0351 e. The van der Waals surface area contributed by atoms with Crippen molar-refractivity contribution in [2.75, 3.05) is 31.4 Å². The summed E-state index contributed by atoms with van der Waals surface area (Å²) < 4.78 is 0. The first-order valence-electron chi connectivity index (χ1n) is 5.69. The van der Waals surface area contributed by atoms with Crippen molar-refractivity contribution in [2.24, 2.45) is 0 Å². The number of rotatable bonds is 10. The van der Waals surface area contributed by atoms with Crippen LogP contribution in [-0.2, 0) is 0 Å². The fraction of sp³-hybridized carbons (Fsp3) is 1.00. The Morgan fingerprint density at radius 2 is 1.33 bits per heavy atom. The van der Waals surface area contributed by atoms with Crippen molar-refractivity contribution in [3.63, 3.8) is 0 Å². The summed E-state index contributed by atoms with van der Waals surface area (Å²) in [5.41, 5.74) is 0. The van der Waals surface area contributed by atoms with Crippen LogP contribution in [0.5, 0.6) is 0 Å². The zero-order chi connectivity index (χ0) is 10.6. The average Bonchev–Trinajstić information content (AvgIpc) is 2.18. The molecule has 0 bridgehead atoms. The molecule has 0 radical (unpaired) electrons. The first-order chi connectivity index (χ1) is 6.85. The van der Waals surface area contributed by atoms with Gasteiger partial charge in [0.15, 0.2) is 0 Å².